The van der Waals surface area contributed by atoms with Gasteiger partial charge in [-0.05, 0) is 31.6 Å². The van der Waals surface area contributed by atoms with Crippen molar-refractivity contribution in [1.29, 1.82) is 0 Å². The lowest BCUT2D eigenvalue weighted by Gasteiger charge is -2.07. The molecule has 0 saturated heterocycles. The van der Waals surface area contributed by atoms with E-state index in [-0.39, 0.29) is 24.7 Å². The molecular weight excluding hydrogens is 264 g/mol. The second-order valence-corrected chi connectivity index (χ2v) is 6.13. The van der Waals surface area contributed by atoms with Gasteiger partial charge < -0.3 is 10.4 Å². The van der Waals surface area contributed by atoms with E-state index in [1.54, 1.807) is 18.3 Å². The highest BCUT2D eigenvalue weighted by atomic mass is 32.1. The first-order valence-corrected chi connectivity index (χ1v) is 7.36. The highest BCUT2D eigenvalue weighted by Gasteiger charge is 2.17. The Labute approximate surface area is 116 Å². The minimum absolute atomic E-state index is 0.0157. The van der Waals surface area contributed by atoms with Crippen molar-refractivity contribution in [3.63, 3.8) is 0 Å². The molecule has 2 N–H and O–H groups in total. The zero-order chi connectivity index (χ0) is 13.8. The van der Waals surface area contributed by atoms with E-state index in [1.165, 1.54) is 17.7 Å². The summed E-state index contributed by atoms with van der Waals surface area (Å²) in [6, 6.07) is 0. The van der Waals surface area contributed by atoms with Crippen LogP contribution in [0.5, 0.6) is 0 Å². The predicted molar refractivity (Wildman–Crippen MR) is 73.4 cm³/mol. The Kier molecular flexibility index (Phi) is 4.52. The highest BCUT2D eigenvalue weighted by molar-refractivity contribution is 7.15. The molecule has 1 atom stereocenters. The summed E-state index contributed by atoms with van der Waals surface area (Å²) in [6.07, 6.45) is 4.64. The van der Waals surface area contributed by atoms with Gasteiger partial charge in [0.1, 0.15) is 0 Å². The number of amides is 1. The van der Waals surface area contributed by atoms with E-state index in [0.717, 1.165) is 18.5 Å². The predicted octanol–water partition coefficient (Wildman–Crippen LogP) is 2.46. The second kappa shape index (κ2) is 6.14. The SMILES string of the molecule is CC(CC(=O)O)CC(=O)Nc1nc2c(s1)CCCC2. The first-order valence-electron chi connectivity index (χ1n) is 6.55. The number of carboxylic acids is 1. The van der Waals surface area contributed by atoms with Gasteiger partial charge in [0.15, 0.2) is 5.13 Å². The number of fused-ring (bicyclic) bond motifs is 1. The fourth-order valence-corrected chi connectivity index (χ4v) is 3.33. The number of aliphatic carboxylic acids is 1. The van der Waals surface area contributed by atoms with E-state index in [2.05, 4.69) is 10.3 Å². The van der Waals surface area contributed by atoms with Crippen molar-refractivity contribution >= 4 is 28.3 Å². The summed E-state index contributed by atoms with van der Waals surface area (Å²) in [5, 5.41) is 12.1. The maximum absolute atomic E-state index is 11.8. The number of aryl methyl sites for hydroxylation is 2. The van der Waals surface area contributed by atoms with Gasteiger partial charge in [0.05, 0.1) is 5.69 Å². The molecule has 0 radical (unpaired) electrons. The normalized spacial score (nSPS) is 15.6. The van der Waals surface area contributed by atoms with Gasteiger partial charge in [-0.2, -0.15) is 0 Å². The standard InChI is InChI=1S/C13H18N2O3S/c1-8(7-12(17)18)6-11(16)15-13-14-9-4-2-3-5-10(9)19-13/h8H,2-7H2,1H3,(H,17,18)(H,14,15,16). The third-order valence-electron chi connectivity index (χ3n) is 3.15. The van der Waals surface area contributed by atoms with Crippen LogP contribution < -0.4 is 5.32 Å². The molecule has 5 nitrogen and oxygen atoms in total. The monoisotopic (exact) mass is 282 g/mol. The van der Waals surface area contributed by atoms with E-state index in [1.807, 2.05) is 0 Å². The van der Waals surface area contributed by atoms with Gasteiger partial charge in [-0.15, -0.1) is 11.3 Å². The Balaban J connectivity index is 1.88. The highest BCUT2D eigenvalue weighted by Crippen LogP contribution is 2.29. The van der Waals surface area contributed by atoms with Crippen LogP contribution in [0.25, 0.3) is 0 Å². The number of carbonyl (C=O) groups excluding carboxylic acids is 1. The van der Waals surface area contributed by atoms with Crippen LogP contribution in [0.4, 0.5) is 5.13 Å². The first-order chi connectivity index (χ1) is 9.04. The molecular formula is C13H18N2O3S. The van der Waals surface area contributed by atoms with E-state index in [0.29, 0.717) is 5.13 Å². The molecule has 2 rings (SSSR count). The van der Waals surface area contributed by atoms with Crippen LogP contribution in [0.1, 0.15) is 43.2 Å². The molecule has 1 aliphatic rings. The molecule has 0 saturated carbocycles. The summed E-state index contributed by atoms with van der Waals surface area (Å²) >= 11 is 1.55. The molecule has 19 heavy (non-hydrogen) atoms. The lowest BCUT2D eigenvalue weighted by molar-refractivity contribution is -0.138. The molecule has 6 heteroatoms. The van der Waals surface area contributed by atoms with E-state index < -0.39 is 5.97 Å². The Morgan fingerprint density at radius 2 is 2.11 bits per heavy atom. The molecule has 0 bridgehead atoms. The zero-order valence-corrected chi connectivity index (χ0v) is 11.8. The number of nitrogens with zero attached hydrogens (tertiary/aromatic N) is 1. The van der Waals surface area contributed by atoms with E-state index in [4.69, 9.17) is 5.11 Å². The molecule has 0 aromatic carbocycles. The summed E-state index contributed by atoms with van der Waals surface area (Å²) in [7, 11) is 0. The van der Waals surface area contributed by atoms with Crippen LogP contribution >= 0.6 is 11.3 Å². The zero-order valence-electron chi connectivity index (χ0n) is 10.9. The number of nitrogens with one attached hydrogen (secondary N) is 1. The van der Waals surface area contributed by atoms with Gasteiger partial charge in [-0.3, -0.25) is 9.59 Å². The average molecular weight is 282 g/mol. The largest absolute Gasteiger partial charge is 0.481 e. The maximum Gasteiger partial charge on any atom is 0.303 e. The number of carboxylic acid groups (broad SMARTS) is 1. The summed E-state index contributed by atoms with van der Waals surface area (Å²) in [4.78, 5) is 28.0. The molecule has 1 aromatic heterocycles. The summed E-state index contributed by atoms with van der Waals surface area (Å²) in [5.74, 6) is -1.18. The Hall–Kier alpha value is -1.43. The number of rotatable bonds is 5. The number of anilines is 1. The third-order valence-corrected chi connectivity index (χ3v) is 4.22. The second-order valence-electron chi connectivity index (χ2n) is 5.05. The Bertz CT molecular complexity index is 461. The minimum Gasteiger partial charge on any atom is -0.481 e. The Morgan fingerprint density at radius 1 is 1.37 bits per heavy atom. The van der Waals surface area contributed by atoms with Crippen LogP contribution in [0.3, 0.4) is 0 Å². The van der Waals surface area contributed by atoms with Gasteiger partial charge in [0, 0.05) is 17.7 Å². The van der Waals surface area contributed by atoms with Crippen molar-refractivity contribution in [2.24, 2.45) is 5.92 Å². The fourth-order valence-electron chi connectivity index (χ4n) is 2.26. The van der Waals surface area contributed by atoms with Crippen LogP contribution in [0.15, 0.2) is 0 Å². The molecule has 0 spiro atoms. The lowest BCUT2D eigenvalue weighted by atomic mass is 10.0. The van der Waals surface area contributed by atoms with Gasteiger partial charge in [0.25, 0.3) is 0 Å². The summed E-state index contributed by atoms with van der Waals surface area (Å²) in [6.45, 7) is 1.76. The maximum atomic E-state index is 11.8. The lowest BCUT2D eigenvalue weighted by Crippen LogP contribution is -2.16. The van der Waals surface area contributed by atoms with Crippen molar-refractivity contribution in [2.45, 2.75) is 45.4 Å². The number of thiazole rings is 1. The number of aromatic nitrogens is 1. The van der Waals surface area contributed by atoms with Gasteiger partial charge in [-0.25, -0.2) is 4.98 Å². The van der Waals surface area contributed by atoms with Crippen molar-refractivity contribution in [2.75, 3.05) is 5.32 Å². The van der Waals surface area contributed by atoms with Crippen molar-refractivity contribution in [3.8, 4) is 0 Å². The number of hydrogen-bond donors (Lipinski definition) is 2. The van der Waals surface area contributed by atoms with E-state index >= 15 is 0 Å². The van der Waals surface area contributed by atoms with Crippen LogP contribution in [0.2, 0.25) is 0 Å². The number of carbonyl (C=O) groups is 2. The van der Waals surface area contributed by atoms with E-state index in [9.17, 15) is 9.59 Å². The summed E-state index contributed by atoms with van der Waals surface area (Å²) < 4.78 is 0. The molecule has 104 valence electrons. The van der Waals surface area contributed by atoms with Crippen molar-refractivity contribution in [1.82, 2.24) is 4.98 Å². The minimum atomic E-state index is -0.870. The number of hydrogen-bond acceptors (Lipinski definition) is 4. The van der Waals surface area contributed by atoms with Crippen LogP contribution in [-0.4, -0.2) is 22.0 Å². The quantitative estimate of drug-likeness (QED) is 0.869. The first kappa shape index (κ1) is 14.0. The fraction of sp³-hybridized carbons (Fsp3) is 0.615. The molecule has 1 aromatic rings. The summed E-state index contributed by atoms with van der Waals surface area (Å²) in [5.41, 5.74) is 1.12. The van der Waals surface area contributed by atoms with Gasteiger partial charge >= 0.3 is 5.97 Å². The smallest absolute Gasteiger partial charge is 0.303 e. The average Bonchev–Trinajstić information content (AvgIpc) is 2.68. The van der Waals surface area contributed by atoms with Gasteiger partial charge in [0.2, 0.25) is 5.91 Å². The molecule has 0 fully saturated rings. The van der Waals surface area contributed by atoms with Crippen molar-refractivity contribution in [3.05, 3.63) is 10.6 Å². The molecule has 1 amide bonds. The van der Waals surface area contributed by atoms with Gasteiger partial charge in [-0.1, -0.05) is 6.92 Å². The molecule has 1 unspecified atom stereocenters. The molecule has 1 aliphatic carbocycles. The van der Waals surface area contributed by atoms with Crippen LogP contribution in [-0.2, 0) is 22.4 Å². The topological polar surface area (TPSA) is 79.3 Å². The van der Waals surface area contributed by atoms with Crippen LogP contribution in [0, 0.1) is 5.92 Å². The molecule has 0 aliphatic heterocycles. The molecule has 1 heterocycles. The van der Waals surface area contributed by atoms with Crippen molar-refractivity contribution < 1.29 is 14.7 Å². The Morgan fingerprint density at radius 3 is 2.79 bits per heavy atom. The third kappa shape index (κ3) is 4.02.